The number of benzene rings is 1. The molecule has 158 valence electrons. The van der Waals surface area contributed by atoms with Crippen molar-refractivity contribution < 1.29 is 10.2 Å². The van der Waals surface area contributed by atoms with Crippen LogP contribution in [0.4, 0.5) is 0 Å². The van der Waals surface area contributed by atoms with Crippen LogP contribution in [0.15, 0.2) is 21.7 Å². The van der Waals surface area contributed by atoms with Gasteiger partial charge >= 0.3 is 5.69 Å². The Kier molecular flexibility index (Phi) is 7.86. The van der Waals surface area contributed by atoms with Gasteiger partial charge in [-0.05, 0) is 36.6 Å². The van der Waals surface area contributed by atoms with Crippen LogP contribution in [0.3, 0.4) is 0 Å². The van der Waals surface area contributed by atoms with Gasteiger partial charge in [-0.2, -0.15) is 4.98 Å². The van der Waals surface area contributed by atoms with Gasteiger partial charge in [0.05, 0.1) is 24.2 Å². The van der Waals surface area contributed by atoms with E-state index < -0.39 is 11.2 Å². The monoisotopic (exact) mass is 423 g/mol. The highest BCUT2D eigenvalue weighted by Gasteiger charge is 2.20. The summed E-state index contributed by atoms with van der Waals surface area (Å²) in [6.07, 6.45) is 0.844. The van der Waals surface area contributed by atoms with E-state index in [-0.39, 0.29) is 37.1 Å². The summed E-state index contributed by atoms with van der Waals surface area (Å²) in [4.78, 5) is 36.7. The zero-order valence-corrected chi connectivity index (χ0v) is 17.3. The third-order valence-corrected chi connectivity index (χ3v) is 4.92. The molecule has 9 nitrogen and oxygen atoms in total. The number of aryl methyl sites for hydroxylation is 2. The Hall–Kier alpha value is -2.33. The fraction of sp³-hybridized carbons (Fsp3) is 0.474. The molecule has 0 saturated carbocycles. The van der Waals surface area contributed by atoms with Gasteiger partial charge in [0.2, 0.25) is 0 Å². The molecular formula is C19H26ClN5O4. The molecule has 1 aromatic carbocycles. The van der Waals surface area contributed by atoms with Gasteiger partial charge in [-0.25, -0.2) is 9.78 Å². The van der Waals surface area contributed by atoms with E-state index >= 15 is 0 Å². The van der Waals surface area contributed by atoms with Crippen LogP contribution < -0.4 is 11.2 Å². The molecule has 0 bridgehead atoms. The highest BCUT2D eigenvalue weighted by molar-refractivity contribution is 5.85. The van der Waals surface area contributed by atoms with Crippen LogP contribution in [-0.4, -0.2) is 67.5 Å². The molecule has 0 atom stereocenters. The summed E-state index contributed by atoms with van der Waals surface area (Å²) in [6.45, 7) is 5.80. The number of nitrogens with one attached hydrogen (secondary N) is 1. The second-order valence-electron chi connectivity index (χ2n) is 6.72. The van der Waals surface area contributed by atoms with E-state index in [1.807, 2.05) is 28.5 Å². The van der Waals surface area contributed by atoms with Gasteiger partial charge in [0.1, 0.15) is 0 Å². The lowest BCUT2D eigenvalue weighted by Gasteiger charge is -2.23. The van der Waals surface area contributed by atoms with Gasteiger partial charge in [-0.3, -0.25) is 14.7 Å². The molecule has 0 amide bonds. The molecule has 0 unspecified atom stereocenters. The molecule has 3 N–H and O–H groups in total. The molecule has 0 saturated heterocycles. The number of aromatic nitrogens is 4. The predicted octanol–water partition coefficient (Wildman–Crippen LogP) is 0.164. The second-order valence-corrected chi connectivity index (χ2v) is 6.72. The number of aliphatic hydroxyl groups excluding tert-OH is 2. The van der Waals surface area contributed by atoms with E-state index in [1.165, 1.54) is 0 Å². The van der Waals surface area contributed by atoms with Gasteiger partial charge in [-0.1, -0.05) is 6.92 Å². The molecule has 0 fully saturated rings. The first kappa shape index (κ1) is 23.0. The largest absolute Gasteiger partial charge is 0.395 e. The summed E-state index contributed by atoms with van der Waals surface area (Å²) in [6, 6.07) is 3.96. The van der Waals surface area contributed by atoms with E-state index in [4.69, 9.17) is 0 Å². The summed E-state index contributed by atoms with van der Waals surface area (Å²) in [5, 5.41) is 18.5. The van der Waals surface area contributed by atoms with Crippen LogP contribution in [0.2, 0.25) is 0 Å². The van der Waals surface area contributed by atoms with Crippen molar-refractivity contribution in [2.75, 3.05) is 32.8 Å². The van der Waals surface area contributed by atoms with E-state index in [9.17, 15) is 19.8 Å². The number of aromatic amines is 1. The number of rotatable bonds is 8. The van der Waals surface area contributed by atoms with Gasteiger partial charge in [0.15, 0.2) is 11.5 Å². The molecule has 2 heterocycles. The van der Waals surface area contributed by atoms with Crippen LogP contribution in [0.5, 0.6) is 0 Å². The normalized spacial score (nSPS) is 11.3. The Morgan fingerprint density at radius 3 is 2.41 bits per heavy atom. The van der Waals surface area contributed by atoms with Crippen molar-refractivity contribution in [1.29, 1.82) is 0 Å². The molecule has 1 aromatic rings. The Balaban J connectivity index is 0.00000300. The molecular weight excluding hydrogens is 398 g/mol. The summed E-state index contributed by atoms with van der Waals surface area (Å²) in [5.74, 6) is 0.234. The van der Waals surface area contributed by atoms with Crippen molar-refractivity contribution in [3.8, 4) is 11.5 Å². The van der Waals surface area contributed by atoms with Crippen molar-refractivity contribution >= 4 is 23.4 Å². The first-order valence-corrected chi connectivity index (χ1v) is 9.36. The fourth-order valence-corrected chi connectivity index (χ4v) is 3.46. The summed E-state index contributed by atoms with van der Waals surface area (Å²) >= 11 is 0. The molecule has 2 aliphatic heterocycles. The van der Waals surface area contributed by atoms with Gasteiger partial charge in [-0.15, -0.1) is 12.4 Å². The number of hydrogen-bond acceptors (Lipinski definition) is 7. The SMILES string of the molecule is CCc1cc2nc3c(=O)[nH]c(=O)nc-3n(CCN(CCO)CCO)c2cc1C.Cl. The number of hydrogen-bond donors (Lipinski definition) is 3. The zero-order chi connectivity index (χ0) is 20.3. The van der Waals surface area contributed by atoms with Crippen LogP contribution >= 0.6 is 12.4 Å². The van der Waals surface area contributed by atoms with Crippen LogP contribution in [0.1, 0.15) is 18.1 Å². The van der Waals surface area contributed by atoms with Crippen LogP contribution in [-0.2, 0) is 13.0 Å². The van der Waals surface area contributed by atoms with Gasteiger partial charge < -0.3 is 14.8 Å². The number of fused-ring (bicyclic) bond motifs is 2. The zero-order valence-electron chi connectivity index (χ0n) is 16.5. The van der Waals surface area contributed by atoms with Crippen molar-refractivity contribution in [2.24, 2.45) is 0 Å². The van der Waals surface area contributed by atoms with E-state index in [0.29, 0.717) is 31.7 Å². The van der Waals surface area contributed by atoms with E-state index in [2.05, 4.69) is 21.9 Å². The lowest BCUT2D eigenvalue weighted by Crippen LogP contribution is -2.34. The van der Waals surface area contributed by atoms with Crippen molar-refractivity contribution in [1.82, 2.24) is 24.4 Å². The Bertz CT molecular complexity index is 1060. The Morgan fingerprint density at radius 1 is 1.10 bits per heavy atom. The first-order valence-electron chi connectivity index (χ1n) is 9.36. The molecule has 10 heteroatoms. The standard InChI is InChI=1S/C19H25N5O4.ClH/c1-3-13-11-14-15(10-12(13)2)24(5-4-23(6-8-25)7-9-26)17-16(20-14)18(27)22-19(28)21-17;/h10-11,25-26H,3-9H2,1-2H3,(H,22,27,28);1H. The smallest absolute Gasteiger partial charge is 0.349 e. The summed E-state index contributed by atoms with van der Waals surface area (Å²) in [5.41, 5.74) is 2.53. The molecule has 0 aliphatic carbocycles. The average molecular weight is 424 g/mol. The van der Waals surface area contributed by atoms with Crippen LogP contribution in [0, 0.1) is 6.92 Å². The maximum atomic E-state index is 12.3. The average Bonchev–Trinajstić information content (AvgIpc) is 2.65. The predicted molar refractivity (Wildman–Crippen MR) is 113 cm³/mol. The fourth-order valence-electron chi connectivity index (χ4n) is 3.46. The highest BCUT2D eigenvalue weighted by Crippen LogP contribution is 2.24. The number of H-pyrrole nitrogens is 1. The van der Waals surface area contributed by atoms with E-state index in [0.717, 1.165) is 23.1 Å². The minimum absolute atomic E-state index is 0. The molecule has 3 rings (SSSR count). The molecule has 0 spiro atoms. The maximum absolute atomic E-state index is 12.3. The van der Waals surface area contributed by atoms with Crippen molar-refractivity contribution in [3.05, 3.63) is 44.1 Å². The molecule has 29 heavy (non-hydrogen) atoms. The molecule has 0 aromatic heterocycles. The van der Waals surface area contributed by atoms with Crippen molar-refractivity contribution in [2.45, 2.75) is 26.8 Å². The third-order valence-electron chi connectivity index (χ3n) is 4.92. The lowest BCUT2D eigenvalue weighted by atomic mass is 10.0. The quantitative estimate of drug-likeness (QED) is 0.441. The highest BCUT2D eigenvalue weighted by atomic mass is 35.5. The number of halogens is 1. The topological polar surface area (TPSA) is 124 Å². The molecule has 2 aliphatic rings. The minimum Gasteiger partial charge on any atom is -0.395 e. The summed E-state index contributed by atoms with van der Waals surface area (Å²) < 4.78 is 1.82. The Morgan fingerprint density at radius 2 is 1.79 bits per heavy atom. The lowest BCUT2D eigenvalue weighted by molar-refractivity contribution is 0.158. The van der Waals surface area contributed by atoms with E-state index in [1.54, 1.807) is 0 Å². The second kappa shape index (κ2) is 9.93. The number of aliphatic hydroxyl groups is 2. The minimum atomic E-state index is -0.711. The summed E-state index contributed by atoms with van der Waals surface area (Å²) in [7, 11) is 0. The Labute approximate surface area is 173 Å². The number of nitrogens with zero attached hydrogens (tertiary/aromatic N) is 4. The van der Waals surface area contributed by atoms with Crippen molar-refractivity contribution in [3.63, 3.8) is 0 Å². The van der Waals surface area contributed by atoms with Gasteiger partial charge in [0, 0.05) is 26.2 Å². The first-order chi connectivity index (χ1) is 13.5. The van der Waals surface area contributed by atoms with Crippen LogP contribution in [0.25, 0.3) is 22.6 Å². The third kappa shape index (κ3) is 4.81. The maximum Gasteiger partial charge on any atom is 0.349 e. The molecule has 0 radical (unpaired) electrons. The van der Waals surface area contributed by atoms with Gasteiger partial charge in [0.25, 0.3) is 5.56 Å².